The molecule has 0 N–H and O–H groups in total. The third-order valence-corrected chi connectivity index (χ3v) is 2.63. The monoisotopic (exact) mass is 241 g/mol. The summed E-state index contributed by atoms with van der Waals surface area (Å²) in [7, 11) is 1.38. The van der Waals surface area contributed by atoms with E-state index in [0.29, 0.717) is 5.92 Å². The van der Waals surface area contributed by atoms with Gasteiger partial charge in [-0.15, -0.1) is 0 Å². The van der Waals surface area contributed by atoms with Crippen LogP contribution in [0.5, 0.6) is 0 Å². The van der Waals surface area contributed by atoms with Gasteiger partial charge in [0.1, 0.15) is 0 Å². The molecule has 0 aliphatic heterocycles. The van der Waals surface area contributed by atoms with E-state index in [2.05, 4.69) is 13.8 Å². The summed E-state index contributed by atoms with van der Waals surface area (Å²) in [6.45, 7) is 4.38. The number of carbonyl (C=O) groups is 1. The fraction of sp³-hybridized carbons (Fsp3) is 0.462. The second-order valence-corrected chi connectivity index (χ2v) is 4.39. The van der Waals surface area contributed by atoms with Crippen molar-refractivity contribution < 1.29 is 13.6 Å². The lowest BCUT2D eigenvalue weighted by Crippen LogP contribution is -2.31. The lowest BCUT2D eigenvalue weighted by atomic mass is 10.0. The molecule has 17 heavy (non-hydrogen) atoms. The van der Waals surface area contributed by atoms with Gasteiger partial charge in [-0.1, -0.05) is 38.1 Å². The predicted molar refractivity (Wildman–Crippen MR) is 63.0 cm³/mol. The average Bonchev–Trinajstić information content (AvgIpc) is 2.28. The average molecular weight is 241 g/mol. The van der Waals surface area contributed by atoms with Crippen LogP contribution < -0.4 is 0 Å². The number of hydrogen-bond acceptors (Lipinski definition) is 1. The van der Waals surface area contributed by atoms with Crippen LogP contribution in [0.15, 0.2) is 24.3 Å². The van der Waals surface area contributed by atoms with Crippen molar-refractivity contribution in [2.45, 2.75) is 32.7 Å². The van der Waals surface area contributed by atoms with E-state index in [1.165, 1.54) is 12.6 Å². The molecule has 94 valence electrons. The predicted octanol–water partition coefficient (Wildman–Crippen LogP) is 3.03. The van der Waals surface area contributed by atoms with Crippen LogP contribution in [0.3, 0.4) is 0 Å². The van der Waals surface area contributed by atoms with E-state index < -0.39 is 12.3 Å². The topological polar surface area (TPSA) is 20.3 Å². The Labute approximate surface area is 100 Å². The highest BCUT2D eigenvalue weighted by Gasteiger charge is 2.19. The number of alkyl halides is 2. The summed E-state index contributed by atoms with van der Waals surface area (Å²) in [6.07, 6.45) is -2.94. The number of carbonyl (C=O) groups excluding carboxylic acids is 1. The second kappa shape index (κ2) is 5.75. The van der Waals surface area contributed by atoms with E-state index in [1.807, 2.05) is 24.3 Å². The molecule has 0 heterocycles. The maximum absolute atomic E-state index is 12.2. The molecule has 4 heteroatoms. The minimum atomic E-state index is -2.94. The van der Waals surface area contributed by atoms with E-state index in [9.17, 15) is 13.6 Å². The van der Waals surface area contributed by atoms with Gasteiger partial charge in [0.15, 0.2) is 0 Å². The van der Waals surface area contributed by atoms with Crippen molar-refractivity contribution in [1.29, 1.82) is 0 Å². The number of rotatable bonds is 4. The molecule has 1 amide bonds. The number of nitrogens with zero attached hydrogens (tertiary/aromatic N) is 1. The molecule has 1 aromatic carbocycles. The van der Waals surface area contributed by atoms with Crippen LogP contribution in [-0.4, -0.2) is 24.3 Å². The van der Waals surface area contributed by atoms with E-state index in [0.717, 1.165) is 10.5 Å². The van der Waals surface area contributed by atoms with Crippen molar-refractivity contribution in [3.8, 4) is 0 Å². The molecule has 0 aliphatic carbocycles. The van der Waals surface area contributed by atoms with Crippen LogP contribution >= 0.6 is 0 Å². The zero-order valence-electron chi connectivity index (χ0n) is 10.3. The fourth-order valence-corrected chi connectivity index (χ4v) is 1.53. The van der Waals surface area contributed by atoms with Crippen molar-refractivity contribution in [2.75, 3.05) is 7.05 Å². The Kier molecular flexibility index (Phi) is 4.61. The number of hydrogen-bond donors (Lipinski definition) is 0. The molecule has 0 bridgehead atoms. The molecule has 0 fully saturated rings. The molecule has 0 saturated heterocycles. The van der Waals surface area contributed by atoms with Gasteiger partial charge in [0.05, 0.1) is 0 Å². The SMILES string of the molecule is CC(C)c1ccc(CN(C)C(=O)C(F)F)cc1. The van der Waals surface area contributed by atoms with Gasteiger partial charge in [0.2, 0.25) is 0 Å². The maximum atomic E-state index is 12.2. The molecule has 1 rings (SSSR count). The largest absolute Gasteiger partial charge is 0.336 e. The van der Waals surface area contributed by atoms with Crippen LogP contribution in [0.25, 0.3) is 0 Å². The highest BCUT2D eigenvalue weighted by atomic mass is 19.3. The highest BCUT2D eigenvalue weighted by Crippen LogP contribution is 2.15. The maximum Gasteiger partial charge on any atom is 0.315 e. The first kappa shape index (κ1) is 13.6. The first-order valence-electron chi connectivity index (χ1n) is 5.53. The van der Waals surface area contributed by atoms with Crippen LogP contribution in [0.4, 0.5) is 8.78 Å². The molecule has 0 radical (unpaired) electrons. The summed E-state index contributed by atoms with van der Waals surface area (Å²) < 4.78 is 24.3. The van der Waals surface area contributed by atoms with Gasteiger partial charge >= 0.3 is 6.43 Å². The summed E-state index contributed by atoms with van der Waals surface area (Å²) in [5.74, 6) is -0.706. The smallest absolute Gasteiger partial charge is 0.315 e. The summed E-state index contributed by atoms with van der Waals surface area (Å²) >= 11 is 0. The van der Waals surface area contributed by atoms with Gasteiger partial charge in [-0.2, -0.15) is 8.78 Å². The van der Waals surface area contributed by atoms with Crippen molar-refractivity contribution in [1.82, 2.24) is 4.90 Å². The van der Waals surface area contributed by atoms with Crippen LogP contribution in [-0.2, 0) is 11.3 Å². The lowest BCUT2D eigenvalue weighted by Gasteiger charge is -2.17. The van der Waals surface area contributed by atoms with E-state index in [1.54, 1.807) is 0 Å². The van der Waals surface area contributed by atoms with Crippen LogP contribution in [0.2, 0.25) is 0 Å². The minimum Gasteiger partial charge on any atom is -0.336 e. The number of halogens is 2. The van der Waals surface area contributed by atoms with Gasteiger partial charge in [-0.3, -0.25) is 4.79 Å². The van der Waals surface area contributed by atoms with Gasteiger partial charge in [-0.25, -0.2) is 0 Å². The van der Waals surface area contributed by atoms with E-state index in [-0.39, 0.29) is 6.54 Å². The summed E-state index contributed by atoms with van der Waals surface area (Å²) in [6, 6.07) is 7.65. The first-order chi connectivity index (χ1) is 7.91. The molecule has 0 aromatic heterocycles. The number of benzene rings is 1. The van der Waals surface area contributed by atoms with Gasteiger partial charge in [-0.05, 0) is 17.0 Å². The second-order valence-electron chi connectivity index (χ2n) is 4.39. The standard InChI is InChI=1S/C13H17F2NO/c1-9(2)11-6-4-10(5-7-11)8-16(3)13(17)12(14)15/h4-7,9,12H,8H2,1-3H3. The molecule has 1 aromatic rings. The van der Waals surface area contributed by atoms with Crippen molar-refractivity contribution in [3.63, 3.8) is 0 Å². The first-order valence-corrected chi connectivity index (χ1v) is 5.53. The van der Waals surface area contributed by atoms with Crippen molar-refractivity contribution in [2.24, 2.45) is 0 Å². The summed E-state index contributed by atoms with van der Waals surface area (Å²) in [5.41, 5.74) is 2.04. The third-order valence-electron chi connectivity index (χ3n) is 2.63. The molecule has 0 saturated carbocycles. The van der Waals surface area contributed by atoms with Gasteiger partial charge < -0.3 is 4.90 Å². The van der Waals surface area contributed by atoms with Crippen LogP contribution in [0.1, 0.15) is 30.9 Å². The Balaban J connectivity index is 2.66. The molecule has 0 unspecified atom stereocenters. The molecule has 0 spiro atoms. The van der Waals surface area contributed by atoms with Crippen LogP contribution in [0, 0.1) is 0 Å². The van der Waals surface area contributed by atoms with Gasteiger partial charge in [0, 0.05) is 13.6 Å². The quantitative estimate of drug-likeness (QED) is 0.793. The molecular formula is C13H17F2NO. The Morgan fingerprint density at radius 2 is 1.76 bits per heavy atom. The van der Waals surface area contributed by atoms with Gasteiger partial charge in [0.25, 0.3) is 5.91 Å². The zero-order chi connectivity index (χ0) is 13.0. The summed E-state index contributed by atoms with van der Waals surface area (Å²) in [5, 5.41) is 0. The third kappa shape index (κ3) is 3.80. The highest BCUT2D eigenvalue weighted by molar-refractivity contribution is 5.78. The number of amides is 1. The molecule has 0 atom stereocenters. The summed E-state index contributed by atoms with van der Waals surface area (Å²) in [4.78, 5) is 12.0. The fourth-order valence-electron chi connectivity index (χ4n) is 1.53. The van der Waals surface area contributed by atoms with E-state index >= 15 is 0 Å². The van der Waals surface area contributed by atoms with Crippen molar-refractivity contribution >= 4 is 5.91 Å². The normalized spacial score (nSPS) is 11.0. The Hall–Kier alpha value is -1.45. The molecular weight excluding hydrogens is 224 g/mol. The zero-order valence-corrected chi connectivity index (χ0v) is 10.3. The van der Waals surface area contributed by atoms with E-state index in [4.69, 9.17) is 0 Å². The minimum absolute atomic E-state index is 0.210. The Bertz CT molecular complexity index is 374. The Morgan fingerprint density at radius 3 is 2.18 bits per heavy atom. The Morgan fingerprint density at radius 1 is 1.24 bits per heavy atom. The van der Waals surface area contributed by atoms with Crippen molar-refractivity contribution in [3.05, 3.63) is 35.4 Å². The molecule has 2 nitrogen and oxygen atoms in total. The molecule has 0 aliphatic rings. The lowest BCUT2D eigenvalue weighted by molar-refractivity contribution is -0.141.